The zero-order valence-corrected chi connectivity index (χ0v) is 12.1. The summed E-state index contributed by atoms with van der Waals surface area (Å²) in [4.78, 5) is 25.3. The first-order valence-corrected chi connectivity index (χ1v) is 6.45. The molecule has 0 aliphatic carbocycles. The van der Waals surface area contributed by atoms with Crippen molar-refractivity contribution in [3.8, 4) is 0 Å². The molecule has 1 amide bonds. The van der Waals surface area contributed by atoms with Crippen molar-refractivity contribution in [2.45, 2.75) is 27.2 Å². The van der Waals surface area contributed by atoms with Crippen LogP contribution in [0.25, 0.3) is 0 Å². The fourth-order valence-corrected chi connectivity index (χ4v) is 2.26. The highest BCUT2D eigenvalue weighted by Crippen LogP contribution is 2.28. The summed E-state index contributed by atoms with van der Waals surface area (Å²) in [7, 11) is 1.64. The third-order valence-electron chi connectivity index (χ3n) is 3.30. The number of hydrogen-bond acceptors (Lipinski definition) is 3. The van der Waals surface area contributed by atoms with Crippen molar-refractivity contribution in [1.29, 1.82) is 0 Å². The van der Waals surface area contributed by atoms with Crippen molar-refractivity contribution in [3.63, 3.8) is 0 Å². The minimum Gasteiger partial charge on any atom is -0.481 e. The number of carboxylic acids is 1. The summed E-state index contributed by atoms with van der Waals surface area (Å²) < 4.78 is 5.05. The smallest absolute Gasteiger partial charge is 0.316 e. The Labute approximate surface area is 114 Å². The van der Waals surface area contributed by atoms with E-state index in [9.17, 15) is 14.7 Å². The highest BCUT2D eigenvalue weighted by molar-refractivity contribution is 5.97. The molecule has 1 aliphatic heterocycles. The van der Waals surface area contributed by atoms with Gasteiger partial charge in [-0.1, -0.05) is 26.8 Å². The van der Waals surface area contributed by atoms with Crippen LogP contribution in [0.15, 0.2) is 11.6 Å². The van der Waals surface area contributed by atoms with Gasteiger partial charge in [0.25, 0.3) is 0 Å². The Hall–Kier alpha value is -1.36. The van der Waals surface area contributed by atoms with E-state index in [0.717, 1.165) is 12.0 Å². The quantitative estimate of drug-likeness (QED) is 0.621. The molecule has 1 unspecified atom stereocenters. The number of carbonyl (C=O) groups is 2. The maximum Gasteiger partial charge on any atom is 0.316 e. The van der Waals surface area contributed by atoms with Gasteiger partial charge in [0.15, 0.2) is 0 Å². The van der Waals surface area contributed by atoms with Crippen LogP contribution in [0.1, 0.15) is 27.2 Å². The minimum atomic E-state index is -1.05. The predicted molar refractivity (Wildman–Crippen MR) is 71.7 cm³/mol. The second-order valence-electron chi connectivity index (χ2n) is 5.97. The topological polar surface area (TPSA) is 66.8 Å². The van der Waals surface area contributed by atoms with Crippen LogP contribution < -0.4 is 0 Å². The first kappa shape index (κ1) is 15.7. The Bertz CT molecular complexity index is 381. The van der Waals surface area contributed by atoms with Gasteiger partial charge in [-0.15, -0.1) is 0 Å². The molecular weight excluding hydrogens is 246 g/mol. The average Bonchev–Trinajstić information content (AvgIpc) is 2.27. The second-order valence-corrected chi connectivity index (χ2v) is 5.97. The number of nitrogens with zero attached hydrogens (tertiary/aromatic N) is 1. The molecule has 1 aliphatic rings. The van der Waals surface area contributed by atoms with E-state index in [0.29, 0.717) is 19.7 Å². The Balaban J connectivity index is 2.76. The fraction of sp³-hybridized carbons (Fsp3) is 0.714. The predicted octanol–water partition coefficient (Wildman–Crippen LogP) is 1.54. The van der Waals surface area contributed by atoms with E-state index in [1.807, 2.05) is 6.08 Å². The number of ether oxygens (including phenoxy) is 1. The van der Waals surface area contributed by atoms with Crippen molar-refractivity contribution in [2.24, 2.45) is 11.3 Å². The number of carboxylic acid groups (broad SMARTS) is 1. The Morgan fingerprint density at radius 3 is 2.47 bits per heavy atom. The maximum absolute atomic E-state index is 12.3. The minimum absolute atomic E-state index is 0.298. The molecule has 5 heteroatoms. The molecule has 0 bridgehead atoms. The van der Waals surface area contributed by atoms with Gasteiger partial charge in [0.2, 0.25) is 5.91 Å². The normalized spacial score (nSPS) is 17.9. The lowest BCUT2D eigenvalue weighted by atomic mass is 9.79. The van der Waals surface area contributed by atoms with Gasteiger partial charge in [0.1, 0.15) is 5.92 Å². The summed E-state index contributed by atoms with van der Waals surface area (Å²) in [5, 5.41) is 9.26. The molecule has 0 radical (unpaired) electrons. The molecule has 5 nitrogen and oxygen atoms in total. The zero-order chi connectivity index (χ0) is 14.6. The molecule has 0 fully saturated rings. The van der Waals surface area contributed by atoms with E-state index in [-0.39, 0.29) is 5.91 Å². The number of rotatable bonds is 4. The number of hydrogen-bond donors (Lipinski definition) is 1. The lowest BCUT2D eigenvalue weighted by Crippen LogP contribution is -2.46. The number of amides is 1. The van der Waals surface area contributed by atoms with Crippen LogP contribution in [0, 0.1) is 11.3 Å². The molecule has 0 saturated carbocycles. The van der Waals surface area contributed by atoms with Crippen LogP contribution in [0.3, 0.4) is 0 Å². The van der Waals surface area contributed by atoms with Crippen LogP contribution in [-0.4, -0.2) is 48.7 Å². The fourth-order valence-electron chi connectivity index (χ4n) is 2.26. The molecule has 1 heterocycles. The number of carbonyl (C=O) groups excluding carboxylic acids is 1. The van der Waals surface area contributed by atoms with Crippen molar-refractivity contribution in [2.75, 3.05) is 26.8 Å². The van der Waals surface area contributed by atoms with Crippen LogP contribution in [0.2, 0.25) is 0 Å². The molecule has 0 aromatic heterocycles. The Morgan fingerprint density at radius 2 is 2.11 bits per heavy atom. The highest BCUT2D eigenvalue weighted by Gasteiger charge is 2.40. The van der Waals surface area contributed by atoms with Gasteiger partial charge in [0.05, 0.1) is 6.61 Å². The molecule has 0 saturated heterocycles. The Kier molecular flexibility index (Phi) is 5.11. The van der Waals surface area contributed by atoms with Gasteiger partial charge in [-0.05, 0) is 17.4 Å². The first-order valence-electron chi connectivity index (χ1n) is 6.45. The van der Waals surface area contributed by atoms with Crippen LogP contribution in [0.5, 0.6) is 0 Å². The summed E-state index contributed by atoms with van der Waals surface area (Å²) in [6.07, 6.45) is 2.70. The molecule has 0 aromatic carbocycles. The molecular formula is C14H23NO4. The first-order chi connectivity index (χ1) is 8.77. The van der Waals surface area contributed by atoms with Gasteiger partial charge in [-0.25, -0.2) is 0 Å². The van der Waals surface area contributed by atoms with Gasteiger partial charge >= 0.3 is 5.97 Å². The highest BCUT2D eigenvalue weighted by atomic mass is 16.5. The molecule has 0 aromatic rings. The van der Waals surface area contributed by atoms with Gasteiger partial charge < -0.3 is 14.7 Å². The Morgan fingerprint density at radius 1 is 1.47 bits per heavy atom. The van der Waals surface area contributed by atoms with Crippen LogP contribution in [-0.2, 0) is 14.3 Å². The molecule has 1 rings (SSSR count). The van der Waals surface area contributed by atoms with Crippen molar-refractivity contribution >= 4 is 11.9 Å². The standard InChI is InChI=1S/C14H23NO4/c1-14(2,3)11(13(17)18)12(16)15-7-5-10(6-8-15)9-19-4/h5,11H,6-9H2,1-4H3,(H,17,18). The summed E-state index contributed by atoms with van der Waals surface area (Å²) in [5.41, 5.74) is 0.577. The molecule has 0 spiro atoms. The van der Waals surface area contributed by atoms with E-state index < -0.39 is 17.3 Å². The summed E-state index contributed by atoms with van der Waals surface area (Å²) in [5.74, 6) is -2.35. The van der Waals surface area contributed by atoms with E-state index in [2.05, 4.69) is 0 Å². The summed E-state index contributed by atoms with van der Waals surface area (Å²) in [6, 6.07) is 0. The van der Waals surface area contributed by atoms with E-state index in [1.165, 1.54) is 0 Å². The largest absolute Gasteiger partial charge is 0.481 e. The molecule has 19 heavy (non-hydrogen) atoms. The van der Waals surface area contributed by atoms with Crippen LogP contribution >= 0.6 is 0 Å². The lowest BCUT2D eigenvalue weighted by Gasteiger charge is -2.33. The van der Waals surface area contributed by atoms with Gasteiger partial charge in [-0.3, -0.25) is 9.59 Å². The van der Waals surface area contributed by atoms with Gasteiger partial charge in [-0.2, -0.15) is 0 Å². The SMILES string of the molecule is COCC1=CCN(C(=O)C(C(=O)O)C(C)(C)C)CC1. The summed E-state index contributed by atoms with van der Waals surface area (Å²) >= 11 is 0. The molecule has 108 valence electrons. The second kappa shape index (κ2) is 6.19. The van der Waals surface area contributed by atoms with Crippen LogP contribution in [0.4, 0.5) is 0 Å². The lowest BCUT2D eigenvalue weighted by molar-refractivity contribution is -0.156. The molecule has 1 atom stereocenters. The monoisotopic (exact) mass is 269 g/mol. The number of aliphatic carboxylic acids is 1. The third kappa shape index (κ3) is 4.06. The van der Waals surface area contributed by atoms with E-state index >= 15 is 0 Å². The zero-order valence-electron chi connectivity index (χ0n) is 12.1. The van der Waals surface area contributed by atoms with E-state index in [1.54, 1.807) is 32.8 Å². The van der Waals surface area contributed by atoms with Crippen molar-refractivity contribution in [3.05, 3.63) is 11.6 Å². The van der Waals surface area contributed by atoms with Gasteiger partial charge in [0, 0.05) is 20.2 Å². The van der Waals surface area contributed by atoms with E-state index in [4.69, 9.17) is 4.74 Å². The number of methoxy groups -OCH3 is 1. The van der Waals surface area contributed by atoms with Crippen molar-refractivity contribution < 1.29 is 19.4 Å². The van der Waals surface area contributed by atoms with Crippen molar-refractivity contribution in [1.82, 2.24) is 4.90 Å². The molecule has 1 N–H and O–H groups in total. The summed E-state index contributed by atoms with van der Waals surface area (Å²) in [6.45, 7) is 6.94. The average molecular weight is 269 g/mol. The maximum atomic E-state index is 12.3. The third-order valence-corrected chi connectivity index (χ3v) is 3.30.